The van der Waals surface area contributed by atoms with Crippen molar-refractivity contribution in [2.24, 2.45) is 5.92 Å². The van der Waals surface area contributed by atoms with Crippen LogP contribution in [0.15, 0.2) is 12.1 Å². The van der Waals surface area contributed by atoms with Crippen LogP contribution in [-0.4, -0.2) is 63.8 Å². The van der Waals surface area contributed by atoms with Crippen LogP contribution in [0.2, 0.25) is 0 Å². The number of rotatable bonds is 4. The number of aryl methyl sites for hydroxylation is 1. The molecule has 2 aliphatic heterocycles. The number of carboxylic acid groups (broad SMARTS) is 1. The molecule has 0 radical (unpaired) electrons. The standard InChI is InChI=1S/C28H38N4O5/c1-17-10-11-21-22(31(17)28(36)37-3)12-13-23-24(21)29-25(18(2)26(33)30-14-5-4-6-15-30)32(23)20-9-7-8-19(16-20)27(34)35/h12-13,17-20H,4-11,14-16H2,1-3H3,(H,34,35)/t17-,18+,19+,20+/m0/s1. The number of fused-ring (bicyclic) bond motifs is 3. The van der Waals surface area contributed by atoms with Crippen LogP contribution >= 0.6 is 0 Å². The lowest BCUT2D eigenvalue weighted by Crippen LogP contribution is -2.42. The third-order valence-electron chi connectivity index (χ3n) is 8.64. The Labute approximate surface area is 217 Å². The molecule has 2 amide bonds. The second kappa shape index (κ2) is 10.3. The minimum Gasteiger partial charge on any atom is -0.481 e. The lowest BCUT2D eigenvalue weighted by atomic mass is 9.85. The van der Waals surface area contributed by atoms with E-state index in [4.69, 9.17) is 9.72 Å². The van der Waals surface area contributed by atoms with Crippen LogP contribution in [0.4, 0.5) is 10.5 Å². The molecule has 2 fully saturated rings. The Kier molecular flexibility index (Phi) is 7.14. The Morgan fingerprint density at radius 2 is 1.84 bits per heavy atom. The molecule has 1 saturated heterocycles. The van der Waals surface area contributed by atoms with Gasteiger partial charge in [-0.15, -0.1) is 0 Å². The average Bonchev–Trinajstić information content (AvgIpc) is 3.32. The number of piperidine rings is 1. The lowest BCUT2D eigenvalue weighted by Gasteiger charge is -2.34. The summed E-state index contributed by atoms with van der Waals surface area (Å²) in [6, 6.07) is 3.92. The van der Waals surface area contributed by atoms with E-state index in [2.05, 4.69) is 4.57 Å². The van der Waals surface area contributed by atoms with Crippen molar-refractivity contribution in [2.75, 3.05) is 25.1 Å². The zero-order valence-electron chi connectivity index (χ0n) is 22.1. The van der Waals surface area contributed by atoms with Crippen LogP contribution in [-0.2, 0) is 20.7 Å². The number of hydrogen-bond acceptors (Lipinski definition) is 5. The van der Waals surface area contributed by atoms with E-state index in [0.29, 0.717) is 18.7 Å². The molecule has 3 aliphatic rings. The molecule has 2 aromatic rings. The summed E-state index contributed by atoms with van der Waals surface area (Å²) in [6.45, 7) is 5.49. The summed E-state index contributed by atoms with van der Waals surface area (Å²) in [5.41, 5.74) is 3.52. The maximum Gasteiger partial charge on any atom is 0.414 e. The van der Waals surface area contributed by atoms with E-state index in [1.165, 1.54) is 7.11 Å². The fourth-order valence-corrected chi connectivity index (χ4v) is 6.60. The minimum absolute atomic E-state index is 0.00762. The van der Waals surface area contributed by atoms with Gasteiger partial charge in [0.2, 0.25) is 5.91 Å². The fraction of sp³-hybridized carbons (Fsp3) is 0.643. The summed E-state index contributed by atoms with van der Waals surface area (Å²) in [5, 5.41) is 9.76. The SMILES string of the molecule is COC(=O)N1c2ccc3c(nc([C@@H](C)C(=O)N4CCCCC4)n3[C@@H]3CCC[C@@H](C(=O)O)C3)c2CC[C@@H]1C. The summed E-state index contributed by atoms with van der Waals surface area (Å²) in [6.07, 6.45) is 7.25. The predicted molar refractivity (Wildman–Crippen MR) is 140 cm³/mol. The molecule has 1 saturated carbocycles. The van der Waals surface area contributed by atoms with E-state index in [9.17, 15) is 19.5 Å². The number of carboxylic acids is 1. The third-order valence-corrected chi connectivity index (χ3v) is 8.64. The van der Waals surface area contributed by atoms with Crippen LogP contribution in [0, 0.1) is 5.92 Å². The number of likely N-dealkylation sites (tertiary alicyclic amines) is 1. The van der Waals surface area contributed by atoms with Crippen molar-refractivity contribution in [1.29, 1.82) is 0 Å². The topological polar surface area (TPSA) is 105 Å². The molecule has 5 rings (SSSR count). The highest BCUT2D eigenvalue weighted by atomic mass is 16.5. The van der Waals surface area contributed by atoms with E-state index >= 15 is 0 Å². The van der Waals surface area contributed by atoms with E-state index in [1.807, 2.05) is 30.9 Å². The molecule has 1 aliphatic carbocycles. The average molecular weight is 511 g/mol. The number of anilines is 1. The van der Waals surface area contributed by atoms with Gasteiger partial charge in [-0.3, -0.25) is 14.5 Å². The summed E-state index contributed by atoms with van der Waals surface area (Å²) in [7, 11) is 1.39. The minimum atomic E-state index is -0.756. The predicted octanol–water partition coefficient (Wildman–Crippen LogP) is 4.88. The lowest BCUT2D eigenvalue weighted by molar-refractivity contribution is -0.143. The van der Waals surface area contributed by atoms with Crippen molar-refractivity contribution in [3.63, 3.8) is 0 Å². The first-order chi connectivity index (χ1) is 17.8. The van der Waals surface area contributed by atoms with Gasteiger partial charge in [0.25, 0.3) is 0 Å². The molecule has 9 heteroatoms. The van der Waals surface area contributed by atoms with E-state index in [1.54, 1.807) is 4.90 Å². The van der Waals surface area contributed by atoms with Gasteiger partial charge in [-0.2, -0.15) is 0 Å². The van der Waals surface area contributed by atoms with Gasteiger partial charge in [0.05, 0.1) is 35.7 Å². The number of methoxy groups -OCH3 is 1. The van der Waals surface area contributed by atoms with Crippen LogP contribution < -0.4 is 4.90 Å². The number of benzene rings is 1. The molecule has 0 bridgehead atoms. The Morgan fingerprint density at radius 1 is 1.08 bits per heavy atom. The van der Waals surface area contributed by atoms with Crippen LogP contribution in [0.25, 0.3) is 11.0 Å². The number of aromatic nitrogens is 2. The highest BCUT2D eigenvalue weighted by Crippen LogP contribution is 2.42. The van der Waals surface area contributed by atoms with Crippen molar-refractivity contribution in [2.45, 2.75) is 89.6 Å². The number of imidazole rings is 1. The molecule has 3 heterocycles. The smallest absolute Gasteiger partial charge is 0.414 e. The van der Waals surface area contributed by atoms with Crippen molar-refractivity contribution in [3.05, 3.63) is 23.5 Å². The van der Waals surface area contributed by atoms with Crippen molar-refractivity contribution in [3.8, 4) is 0 Å². The van der Waals surface area contributed by atoms with Gasteiger partial charge in [-0.25, -0.2) is 9.78 Å². The summed E-state index contributed by atoms with van der Waals surface area (Å²) in [5.74, 6) is -0.803. The van der Waals surface area contributed by atoms with Crippen molar-refractivity contribution < 1.29 is 24.2 Å². The highest BCUT2D eigenvalue weighted by Gasteiger charge is 2.36. The maximum absolute atomic E-state index is 13.6. The number of nitrogens with zero attached hydrogens (tertiary/aromatic N) is 4. The van der Waals surface area contributed by atoms with Gasteiger partial charge in [0.15, 0.2) is 0 Å². The van der Waals surface area contributed by atoms with E-state index in [0.717, 1.165) is 80.3 Å². The number of carbonyl (C=O) groups excluding carboxylic acids is 2. The number of aliphatic carboxylic acids is 1. The molecule has 37 heavy (non-hydrogen) atoms. The zero-order valence-corrected chi connectivity index (χ0v) is 22.1. The first-order valence-electron chi connectivity index (χ1n) is 13.7. The quantitative estimate of drug-likeness (QED) is 0.629. The molecule has 1 aromatic carbocycles. The molecule has 4 atom stereocenters. The molecule has 0 unspecified atom stereocenters. The number of hydrogen-bond donors (Lipinski definition) is 1. The summed E-state index contributed by atoms with van der Waals surface area (Å²) < 4.78 is 7.24. The number of carbonyl (C=O) groups is 3. The van der Waals surface area contributed by atoms with Gasteiger partial charge in [-0.05, 0) is 77.3 Å². The Hall–Kier alpha value is -3.10. The van der Waals surface area contributed by atoms with Gasteiger partial charge in [-0.1, -0.05) is 6.42 Å². The Morgan fingerprint density at radius 3 is 2.54 bits per heavy atom. The zero-order chi connectivity index (χ0) is 26.3. The van der Waals surface area contributed by atoms with Gasteiger partial charge >= 0.3 is 12.1 Å². The number of ether oxygens (including phenoxy) is 1. The molecule has 200 valence electrons. The largest absolute Gasteiger partial charge is 0.481 e. The first kappa shape index (κ1) is 25.5. The Bertz CT molecular complexity index is 1200. The fourth-order valence-electron chi connectivity index (χ4n) is 6.60. The number of amides is 2. The van der Waals surface area contributed by atoms with Gasteiger partial charge in [0.1, 0.15) is 5.82 Å². The molecular formula is C28H38N4O5. The van der Waals surface area contributed by atoms with Crippen molar-refractivity contribution >= 4 is 34.7 Å². The summed E-state index contributed by atoms with van der Waals surface area (Å²) in [4.78, 5) is 46.9. The molecule has 1 N–H and O–H groups in total. The maximum atomic E-state index is 13.6. The molecular weight excluding hydrogens is 472 g/mol. The normalized spacial score (nSPS) is 25.0. The second-order valence-electron chi connectivity index (χ2n) is 11.0. The molecule has 9 nitrogen and oxygen atoms in total. The highest BCUT2D eigenvalue weighted by molar-refractivity contribution is 5.96. The van der Waals surface area contributed by atoms with Gasteiger partial charge in [0, 0.05) is 30.7 Å². The van der Waals surface area contributed by atoms with E-state index < -0.39 is 23.9 Å². The monoisotopic (exact) mass is 510 g/mol. The van der Waals surface area contributed by atoms with Crippen LogP contribution in [0.5, 0.6) is 0 Å². The summed E-state index contributed by atoms with van der Waals surface area (Å²) >= 11 is 0. The van der Waals surface area contributed by atoms with Crippen LogP contribution in [0.1, 0.15) is 88.6 Å². The van der Waals surface area contributed by atoms with Crippen molar-refractivity contribution in [1.82, 2.24) is 14.5 Å². The van der Waals surface area contributed by atoms with Crippen LogP contribution in [0.3, 0.4) is 0 Å². The van der Waals surface area contributed by atoms with Gasteiger partial charge < -0.3 is 19.3 Å². The third kappa shape index (κ3) is 4.57. The molecule has 1 aromatic heterocycles. The Balaban J connectivity index is 1.63. The first-order valence-corrected chi connectivity index (χ1v) is 13.7. The second-order valence-corrected chi connectivity index (χ2v) is 11.0. The molecule has 0 spiro atoms. The van der Waals surface area contributed by atoms with E-state index in [-0.39, 0.29) is 18.0 Å².